The van der Waals surface area contributed by atoms with Gasteiger partial charge in [-0.1, -0.05) is 45.2 Å². The number of carbonyl (C=O) groups excluding carboxylic acids is 1. The maximum atomic E-state index is 12.1. The molecule has 2 N–H and O–H groups in total. The minimum Gasteiger partial charge on any atom is -0.351 e. The van der Waals surface area contributed by atoms with Crippen LogP contribution in [0.1, 0.15) is 15.9 Å². The number of sulfonamides is 1. The zero-order chi connectivity index (χ0) is 17.7. The van der Waals surface area contributed by atoms with Crippen molar-refractivity contribution in [1.29, 1.82) is 0 Å². The van der Waals surface area contributed by atoms with Gasteiger partial charge in [-0.25, -0.2) is 13.1 Å². The van der Waals surface area contributed by atoms with Crippen LogP contribution >= 0.6 is 27.5 Å². The van der Waals surface area contributed by atoms with E-state index < -0.39 is 10.0 Å². The minimum absolute atomic E-state index is 0.0770. The standard InChI is InChI=1S/C16H16BrClN2O3S/c1-11-2-5-13(6-3-11)24(22,23)20-9-8-19-16(21)14-10-12(17)4-7-15(14)18/h2-7,10,20H,8-9H2,1H3,(H,19,21). The Morgan fingerprint density at radius 1 is 1.12 bits per heavy atom. The molecule has 2 rings (SSSR count). The van der Waals surface area contributed by atoms with E-state index in [0.717, 1.165) is 10.0 Å². The molecule has 0 aliphatic carbocycles. The first-order valence-corrected chi connectivity index (χ1v) is 9.74. The smallest absolute Gasteiger partial charge is 0.252 e. The van der Waals surface area contributed by atoms with Crippen LogP contribution in [0.4, 0.5) is 0 Å². The molecule has 0 fully saturated rings. The van der Waals surface area contributed by atoms with E-state index in [2.05, 4.69) is 26.0 Å². The van der Waals surface area contributed by atoms with Crippen molar-refractivity contribution in [3.8, 4) is 0 Å². The van der Waals surface area contributed by atoms with Crippen LogP contribution in [0.3, 0.4) is 0 Å². The van der Waals surface area contributed by atoms with Crippen molar-refractivity contribution in [2.24, 2.45) is 0 Å². The second-order valence-corrected chi connectivity index (χ2v) is 8.18. The van der Waals surface area contributed by atoms with Gasteiger partial charge in [-0.2, -0.15) is 0 Å². The van der Waals surface area contributed by atoms with Crippen molar-refractivity contribution in [2.75, 3.05) is 13.1 Å². The highest BCUT2D eigenvalue weighted by Gasteiger charge is 2.14. The van der Waals surface area contributed by atoms with Gasteiger partial charge in [0.25, 0.3) is 5.91 Å². The highest BCUT2D eigenvalue weighted by atomic mass is 79.9. The molecule has 2 aromatic carbocycles. The van der Waals surface area contributed by atoms with Crippen LogP contribution in [0.2, 0.25) is 5.02 Å². The van der Waals surface area contributed by atoms with Gasteiger partial charge in [0.1, 0.15) is 0 Å². The van der Waals surface area contributed by atoms with Crippen molar-refractivity contribution in [3.05, 3.63) is 63.1 Å². The minimum atomic E-state index is -3.59. The molecule has 0 aliphatic heterocycles. The Hall–Kier alpha value is -1.41. The van der Waals surface area contributed by atoms with Gasteiger partial charge in [-0.3, -0.25) is 4.79 Å². The Balaban J connectivity index is 1.89. The zero-order valence-corrected chi connectivity index (χ0v) is 16.0. The summed E-state index contributed by atoms with van der Waals surface area (Å²) in [4.78, 5) is 12.2. The van der Waals surface area contributed by atoms with Crippen LogP contribution in [-0.2, 0) is 10.0 Å². The lowest BCUT2D eigenvalue weighted by Gasteiger charge is -2.09. The Bertz CT molecular complexity index is 839. The Kier molecular flexibility index (Phi) is 6.40. The fourth-order valence-corrected chi connectivity index (χ4v) is 3.53. The molecule has 0 saturated carbocycles. The number of aryl methyl sites for hydroxylation is 1. The number of hydrogen-bond acceptors (Lipinski definition) is 3. The maximum Gasteiger partial charge on any atom is 0.252 e. The van der Waals surface area contributed by atoms with E-state index in [0.29, 0.717) is 10.6 Å². The third-order valence-electron chi connectivity index (χ3n) is 3.21. The van der Waals surface area contributed by atoms with E-state index in [1.807, 2.05) is 6.92 Å². The van der Waals surface area contributed by atoms with Gasteiger partial charge < -0.3 is 5.32 Å². The summed E-state index contributed by atoms with van der Waals surface area (Å²) in [6.45, 7) is 2.10. The number of benzene rings is 2. The predicted molar refractivity (Wildman–Crippen MR) is 97.9 cm³/mol. The molecule has 1 amide bonds. The number of nitrogens with one attached hydrogen (secondary N) is 2. The first-order valence-electron chi connectivity index (χ1n) is 7.09. The molecule has 0 aliphatic rings. The molecule has 24 heavy (non-hydrogen) atoms. The molecule has 0 spiro atoms. The Labute approximate surface area is 154 Å². The van der Waals surface area contributed by atoms with Crippen molar-refractivity contribution in [3.63, 3.8) is 0 Å². The van der Waals surface area contributed by atoms with Crippen LogP contribution in [0.15, 0.2) is 51.8 Å². The zero-order valence-electron chi connectivity index (χ0n) is 12.8. The van der Waals surface area contributed by atoms with Crippen molar-refractivity contribution in [2.45, 2.75) is 11.8 Å². The van der Waals surface area contributed by atoms with E-state index in [4.69, 9.17) is 11.6 Å². The van der Waals surface area contributed by atoms with Gasteiger partial charge in [0.15, 0.2) is 0 Å². The number of hydrogen-bond donors (Lipinski definition) is 2. The summed E-state index contributed by atoms with van der Waals surface area (Å²) >= 11 is 9.25. The van der Waals surface area contributed by atoms with E-state index in [1.54, 1.807) is 30.3 Å². The largest absolute Gasteiger partial charge is 0.351 e. The van der Waals surface area contributed by atoms with Crippen molar-refractivity contribution >= 4 is 43.5 Å². The number of amides is 1. The summed E-state index contributed by atoms with van der Waals surface area (Å²) in [5, 5.41) is 2.96. The summed E-state index contributed by atoms with van der Waals surface area (Å²) in [5.74, 6) is -0.365. The molecule has 128 valence electrons. The summed E-state index contributed by atoms with van der Waals surface area (Å²) in [6.07, 6.45) is 0. The highest BCUT2D eigenvalue weighted by molar-refractivity contribution is 9.10. The summed E-state index contributed by atoms with van der Waals surface area (Å²) < 4.78 is 27.4. The van der Waals surface area contributed by atoms with E-state index >= 15 is 0 Å². The lowest BCUT2D eigenvalue weighted by atomic mass is 10.2. The van der Waals surface area contributed by atoms with Gasteiger partial charge in [0.05, 0.1) is 15.5 Å². The van der Waals surface area contributed by atoms with E-state index in [1.165, 1.54) is 12.1 Å². The quantitative estimate of drug-likeness (QED) is 0.690. The summed E-state index contributed by atoms with van der Waals surface area (Å²) in [5.41, 5.74) is 1.31. The van der Waals surface area contributed by atoms with Crippen LogP contribution in [-0.4, -0.2) is 27.4 Å². The first-order chi connectivity index (χ1) is 11.3. The third-order valence-corrected chi connectivity index (χ3v) is 5.51. The molecule has 0 radical (unpaired) electrons. The lowest BCUT2D eigenvalue weighted by molar-refractivity contribution is 0.0954. The molecular weight excluding hydrogens is 416 g/mol. The van der Waals surface area contributed by atoms with Crippen molar-refractivity contribution in [1.82, 2.24) is 10.0 Å². The second kappa shape index (κ2) is 8.11. The third kappa shape index (κ3) is 5.04. The summed E-state index contributed by atoms with van der Waals surface area (Å²) in [7, 11) is -3.59. The van der Waals surface area contributed by atoms with Crippen LogP contribution in [0, 0.1) is 6.92 Å². The molecule has 0 heterocycles. The van der Waals surface area contributed by atoms with Gasteiger partial charge in [-0.05, 0) is 37.3 Å². The fraction of sp³-hybridized carbons (Fsp3) is 0.188. The molecular formula is C16H16BrClN2O3S. The molecule has 0 atom stereocenters. The summed E-state index contributed by atoms with van der Waals surface area (Å²) in [6, 6.07) is 11.5. The second-order valence-electron chi connectivity index (χ2n) is 5.09. The average Bonchev–Trinajstić information content (AvgIpc) is 2.54. The Morgan fingerprint density at radius 3 is 2.46 bits per heavy atom. The molecule has 5 nitrogen and oxygen atoms in total. The molecule has 0 bridgehead atoms. The van der Waals surface area contributed by atoms with Gasteiger partial charge >= 0.3 is 0 Å². The van der Waals surface area contributed by atoms with Crippen LogP contribution in [0.25, 0.3) is 0 Å². The van der Waals surface area contributed by atoms with Crippen molar-refractivity contribution < 1.29 is 13.2 Å². The first kappa shape index (κ1) is 18.9. The SMILES string of the molecule is Cc1ccc(S(=O)(=O)NCCNC(=O)c2cc(Br)ccc2Cl)cc1. The fourth-order valence-electron chi connectivity index (χ4n) is 1.93. The molecule has 2 aromatic rings. The lowest BCUT2D eigenvalue weighted by Crippen LogP contribution is -2.34. The average molecular weight is 432 g/mol. The highest BCUT2D eigenvalue weighted by Crippen LogP contribution is 2.20. The van der Waals surface area contributed by atoms with Gasteiger partial charge in [0, 0.05) is 17.6 Å². The molecule has 0 aromatic heterocycles. The molecule has 0 unspecified atom stereocenters. The van der Waals surface area contributed by atoms with Crippen LogP contribution < -0.4 is 10.0 Å². The number of rotatable bonds is 6. The predicted octanol–water partition coefficient (Wildman–Crippen LogP) is 3.12. The van der Waals surface area contributed by atoms with E-state index in [-0.39, 0.29) is 23.9 Å². The van der Waals surface area contributed by atoms with Gasteiger partial charge in [-0.15, -0.1) is 0 Å². The molecule has 0 saturated heterocycles. The van der Waals surface area contributed by atoms with Gasteiger partial charge in [0.2, 0.25) is 10.0 Å². The van der Waals surface area contributed by atoms with Crippen LogP contribution in [0.5, 0.6) is 0 Å². The monoisotopic (exact) mass is 430 g/mol. The normalized spacial score (nSPS) is 11.3. The Morgan fingerprint density at radius 2 is 1.79 bits per heavy atom. The topological polar surface area (TPSA) is 75.3 Å². The molecule has 8 heteroatoms. The number of halogens is 2. The maximum absolute atomic E-state index is 12.1. The van der Waals surface area contributed by atoms with E-state index in [9.17, 15) is 13.2 Å². The number of carbonyl (C=O) groups is 1.